The Morgan fingerprint density at radius 3 is 2.52 bits per heavy atom. The van der Waals surface area contributed by atoms with Gasteiger partial charge in [-0.25, -0.2) is 5.43 Å². The van der Waals surface area contributed by atoms with Crippen molar-refractivity contribution in [3.05, 3.63) is 51.1 Å². The molecule has 0 heterocycles. The Morgan fingerprint density at radius 2 is 1.86 bits per heavy atom. The van der Waals surface area contributed by atoms with Crippen LogP contribution < -0.4 is 5.43 Å². The molecule has 0 aliphatic rings. The van der Waals surface area contributed by atoms with E-state index in [1.165, 1.54) is 24.4 Å². The predicted octanol–water partition coefficient (Wildman–Crippen LogP) is 2.17. The zero-order valence-electron chi connectivity index (χ0n) is 10.6. The lowest BCUT2D eigenvalue weighted by Gasteiger charge is -2.03. The molecule has 0 unspecified atom stereocenters. The minimum Gasteiger partial charge on any atom is -0.507 e. The molecule has 0 saturated heterocycles. The summed E-state index contributed by atoms with van der Waals surface area (Å²) in [5.74, 6) is -1.16. The molecule has 0 atom stereocenters. The van der Waals surface area contributed by atoms with E-state index in [0.29, 0.717) is 9.13 Å². The second kappa shape index (κ2) is 6.44. The summed E-state index contributed by atoms with van der Waals surface area (Å²) < 4.78 is 0.459. The van der Waals surface area contributed by atoms with E-state index < -0.39 is 5.91 Å². The maximum Gasteiger partial charge on any atom is 0.275 e. The highest BCUT2D eigenvalue weighted by Gasteiger charge is 2.09. The number of para-hydroxylation sites is 1. The zero-order chi connectivity index (χ0) is 15.4. The van der Waals surface area contributed by atoms with Gasteiger partial charge in [-0.15, -0.1) is 0 Å². The fourth-order valence-electron chi connectivity index (χ4n) is 1.57. The monoisotopic (exact) mass is 398 g/mol. The van der Waals surface area contributed by atoms with E-state index in [4.69, 9.17) is 0 Å². The highest BCUT2D eigenvalue weighted by Crippen LogP contribution is 2.30. The third-order valence-corrected chi connectivity index (χ3v) is 3.42. The number of aromatic hydroxyl groups is 3. The van der Waals surface area contributed by atoms with E-state index in [2.05, 4.69) is 10.5 Å². The van der Waals surface area contributed by atoms with Crippen molar-refractivity contribution in [3.8, 4) is 17.2 Å². The van der Waals surface area contributed by atoms with Crippen LogP contribution in [0, 0.1) is 3.57 Å². The summed E-state index contributed by atoms with van der Waals surface area (Å²) in [5.41, 5.74) is 2.88. The van der Waals surface area contributed by atoms with Crippen molar-refractivity contribution in [1.29, 1.82) is 0 Å². The number of amides is 1. The molecule has 4 N–H and O–H groups in total. The smallest absolute Gasteiger partial charge is 0.275 e. The molecule has 7 heteroatoms. The number of nitrogens with one attached hydrogen (secondary N) is 1. The van der Waals surface area contributed by atoms with Crippen LogP contribution in [0.5, 0.6) is 17.2 Å². The molecule has 0 bridgehead atoms. The van der Waals surface area contributed by atoms with Gasteiger partial charge in [-0.1, -0.05) is 12.1 Å². The number of carbonyl (C=O) groups excluding carboxylic acids is 1. The van der Waals surface area contributed by atoms with Gasteiger partial charge in [0.15, 0.2) is 11.5 Å². The van der Waals surface area contributed by atoms with Crippen LogP contribution in [0.2, 0.25) is 0 Å². The van der Waals surface area contributed by atoms with Gasteiger partial charge >= 0.3 is 0 Å². The molecule has 0 radical (unpaired) electrons. The van der Waals surface area contributed by atoms with Gasteiger partial charge in [0.2, 0.25) is 0 Å². The first-order valence-electron chi connectivity index (χ1n) is 5.82. The predicted molar refractivity (Wildman–Crippen MR) is 85.7 cm³/mol. The molecule has 108 valence electrons. The van der Waals surface area contributed by atoms with Gasteiger partial charge in [0, 0.05) is 0 Å². The second-order valence-electron chi connectivity index (χ2n) is 4.09. The Hall–Kier alpha value is -2.29. The normalized spacial score (nSPS) is 10.7. The van der Waals surface area contributed by atoms with Crippen molar-refractivity contribution < 1.29 is 20.1 Å². The highest BCUT2D eigenvalue weighted by atomic mass is 127. The van der Waals surface area contributed by atoms with E-state index in [-0.39, 0.29) is 22.8 Å². The van der Waals surface area contributed by atoms with Gasteiger partial charge in [0.1, 0.15) is 5.75 Å². The van der Waals surface area contributed by atoms with Crippen LogP contribution in [0.3, 0.4) is 0 Å². The molecule has 0 aliphatic carbocycles. The number of nitrogens with zero attached hydrogens (tertiary/aromatic N) is 1. The third-order valence-electron chi connectivity index (χ3n) is 2.59. The maximum absolute atomic E-state index is 11.8. The zero-order valence-corrected chi connectivity index (χ0v) is 12.8. The molecular formula is C14H11IN2O4. The number of phenols is 3. The standard InChI is InChI=1S/C14H11IN2O4/c15-10-5-8(6-12(19)13(10)20)7-16-17-14(21)9-3-1-2-4-11(9)18/h1-7,18-20H,(H,17,21)/b16-7+. The third kappa shape index (κ3) is 3.63. The summed E-state index contributed by atoms with van der Waals surface area (Å²) >= 11 is 1.86. The van der Waals surface area contributed by atoms with E-state index >= 15 is 0 Å². The molecule has 2 aromatic carbocycles. The lowest BCUT2D eigenvalue weighted by Crippen LogP contribution is -2.17. The molecule has 2 aromatic rings. The summed E-state index contributed by atoms with van der Waals surface area (Å²) in [4.78, 5) is 11.8. The molecule has 0 spiro atoms. The number of carbonyl (C=O) groups is 1. The van der Waals surface area contributed by atoms with Crippen LogP contribution in [-0.2, 0) is 0 Å². The molecular weight excluding hydrogens is 387 g/mol. The van der Waals surface area contributed by atoms with Crippen molar-refractivity contribution in [2.45, 2.75) is 0 Å². The number of benzene rings is 2. The lowest BCUT2D eigenvalue weighted by atomic mass is 10.2. The van der Waals surface area contributed by atoms with Gasteiger partial charge in [-0.05, 0) is 52.4 Å². The van der Waals surface area contributed by atoms with Crippen molar-refractivity contribution >= 4 is 34.7 Å². The number of rotatable bonds is 3. The van der Waals surface area contributed by atoms with E-state index in [0.717, 1.165) is 0 Å². The molecule has 0 aliphatic heterocycles. The van der Waals surface area contributed by atoms with Crippen molar-refractivity contribution in [3.63, 3.8) is 0 Å². The Morgan fingerprint density at radius 1 is 1.14 bits per heavy atom. The minimum absolute atomic E-state index is 0.109. The van der Waals surface area contributed by atoms with Crippen molar-refractivity contribution in [2.75, 3.05) is 0 Å². The number of hydrogen-bond donors (Lipinski definition) is 4. The highest BCUT2D eigenvalue weighted by molar-refractivity contribution is 14.1. The van der Waals surface area contributed by atoms with E-state index in [9.17, 15) is 20.1 Å². The molecule has 1 amide bonds. The quantitative estimate of drug-likeness (QED) is 0.276. The summed E-state index contributed by atoms with van der Waals surface area (Å²) in [5, 5.41) is 32.2. The Balaban J connectivity index is 2.10. The van der Waals surface area contributed by atoms with Crippen molar-refractivity contribution in [2.24, 2.45) is 5.10 Å². The van der Waals surface area contributed by atoms with Crippen molar-refractivity contribution in [1.82, 2.24) is 5.43 Å². The number of hydrazone groups is 1. The average molecular weight is 398 g/mol. The van der Waals surface area contributed by atoms with Crippen LogP contribution in [0.25, 0.3) is 0 Å². The fourth-order valence-corrected chi connectivity index (χ4v) is 2.21. The van der Waals surface area contributed by atoms with Gasteiger partial charge in [-0.2, -0.15) is 5.10 Å². The molecule has 21 heavy (non-hydrogen) atoms. The Kier molecular flexibility index (Phi) is 4.63. The molecule has 2 rings (SSSR count). The Labute approximate surface area is 133 Å². The van der Waals surface area contributed by atoms with Crippen LogP contribution >= 0.6 is 22.6 Å². The lowest BCUT2D eigenvalue weighted by molar-refractivity contribution is 0.0952. The first kappa shape index (κ1) is 15.1. The minimum atomic E-state index is -0.554. The van der Waals surface area contributed by atoms with Crippen LogP contribution in [0.1, 0.15) is 15.9 Å². The largest absolute Gasteiger partial charge is 0.507 e. The van der Waals surface area contributed by atoms with Gasteiger partial charge < -0.3 is 15.3 Å². The first-order valence-corrected chi connectivity index (χ1v) is 6.90. The van der Waals surface area contributed by atoms with Crippen LogP contribution in [-0.4, -0.2) is 27.4 Å². The molecule has 0 saturated carbocycles. The number of phenolic OH excluding ortho intramolecular Hbond substituents is 3. The second-order valence-corrected chi connectivity index (χ2v) is 5.25. The summed E-state index contributed by atoms with van der Waals surface area (Å²) in [6, 6.07) is 9.00. The van der Waals surface area contributed by atoms with E-state index in [1.54, 1.807) is 18.2 Å². The molecule has 0 aromatic heterocycles. The summed E-state index contributed by atoms with van der Waals surface area (Å²) in [7, 11) is 0. The van der Waals surface area contributed by atoms with Gasteiger partial charge in [0.25, 0.3) is 5.91 Å². The SMILES string of the molecule is O=C(N/N=C/c1cc(O)c(O)c(I)c1)c1ccccc1O. The fraction of sp³-hybridized carbons (Fsp3) is 0. The van der Waals surface area contributed by atoms with Crippen LogP contribution in [0.4, 0.5) is 0 Å². The molecule has 0 fully saturated rings. The maximum atomic E-state index is 11.8. The number of halogens is 1. The number of hydrogen-bond acceptors (Lipinski definition) is 5. The first-order chi connectivity index (χ1) is 9.99. The Bertz CT molecular complexity index is 693. The summed E-state index contributed by atoms with van der Waals surface area (Å²) in [6.07, 6.45) is 1.32. The average Bonchev–Trinajstić information content (AvgIpc) is 2.45. The van der Waals surface area contributed by atoms with E-state index in [1.807, 2.05) is 22.6 Å². The van der Waals surface area contributed by atoms with Gasteiger partial charge in [0.05, 0.1) is 15.3 Å². The van der Waals surface area contributed by atoms with Crippen LogP contribution in [0.15, 0.2) is 41.5 Å². The molecule has 6 nitrogen and oxygen atoms in total. The summed E-state index contributed by atoms with van der Waals surface area (Å²) in [6.45, 7) is 0. The van der Waals surface area contributed by atoms with Gasteiger partial charge in [-0.3, -0.25) is 4.79 Å². The topological polar surface area (TPSA) is 102 Å².